The number of fused-ring (bicyclic) bond motifs is 1. The molecule has 25 heavy (non-hydrogen) atoms. The van der Waals surface area contributed by atoms with Crippen molar-refractivity contribution in [3.05, 3.63) is 96.1 Å². The van der Waals surface area contributed by atoms with E-state index < -0.39 is 6.42 Å². The number of amides is 1. The molecule has 0 saturated heterocycles. The van der Waals surface area contributed by atoms with E-state index in [2.05, 4.69) is 0 Å². The summed E-state index contributed by atoms with van der Waals surface area (Å²) >= 11 is 5.99. The van der Waals surface area contributed by atoms with Crippen LogP contribution in [0.5, 0.6) is 5.75 Å². The van der Waals surface area contributed by atoms with Gasteiger partial charge in [-0.25, -0.2) is 0 Å². The fourth-order valence-corrected chi connectivity index (χ4v) is 6.05. The molecule has 124 valence electrons. The summed E-state index contributed by atoms with van der Waals surface area (Å²) in [5.41, 5.74) is 1.60. The molecular formula is C20H16NO2PS. The van der Waals surface area contributed by atoms with Crippen LogP contribution in [0.4, 0.5) is 0 Å². The molecule has 3 aromatic carbocycles. The molecule has 0 aromatic heterocycles. The first-order valence-corrected chi connectivity index (χ1v) is 10.7. The maximum absolute atomic E-state index is 13.2. The number of hydrogen-bond acceptors (Lipinski definition) is 3. The zero-order valence-electron chi connectivity index (χ0n) is 13.4. The lowest BCUT2D eigenvalue weighted by atomic mass is 10.1. The SMILES string of the molecule is O=C1c2ccccc2OP(=S)(c2ccccc2)N1Cc1ccccc1. The van der Waals surface area contributed by atoms with Crippen molar-refractivity contribution in [2.24, 2.45) is 0 Å². The van der Waals surface area contributed by atoms with Crippen LogP contribution in [0, 0.1) is 0 Å². The van der Waals surface area contributed by atoms with Gasteiger partial charge in [-0.1, -0.05) is 60.7 Å². The fourth-order valence-electron chi connectivity index (χ4n) is 2.89. The van der Waals surface area contributed by atoms with Gasteiger partial charge in [0.2, 0.25) is 6.42 Å². The van der Waals surface area contributed by atoms with Crippen LogP contribution < -0.4 is 9.83 Å². The van der Waals surface area contributed by atoms with Gasteiger partial charge in [0.15, 0.2) is 0 Å². The summed E-state index contributed by atoms with van der Waals surface area (Å²) in [5, 5.41) is 0.879. The first-order valence-electron chi connectivity index (χ1n) is 7.99. The van der Waals surface area contributed by atoms with E-state index in [1.54, 1.807) is 10.7 Å². The molecular weight excluding hydrogens is 349 g/mol. The molecule has 1 heterocycles. The zero-order chi connectivity index (χ0) is 17.3. The van der Waals surface area contributed by atoms with Crippen LogP contribution >= 0.6 is 6.42 Å². The molecule has 0 radical (unpaired) electrons. The maximum Gasteiger partial charge on any atom is 0.264 e. The Bertz CT molecular complexity index is 960. The highest BCUT2D eigenvalue weighted by Gasteiger charge is 2.40. The summed E-state index contributed by atoms with van der Waals surface area (Å²) < 4.78 is 8.02. The molecule has 1 amide bonds. The second kappa shape index (κ2) is 6.47. The summed E-state index contributed by atoms with van der Waals surface area (Å²) in [5.74, 6) is 0.502. The van der Waals surface area contributed by atoms with Gasteiger partial charge >= 0.3 is 0 Å². The van der Waals surface area contributed by atoms with Crippen LogP contribution in [0.1, 0.15) is 15.9 Å². The third-order valence-corrected chi connectivity index (χ3v) is 7.95. The molecule has 1 aliphatic heterocycles. The summed E-state index contributed by atoms with van der Waals surface area (Å²) in [6.07, 6.45) is -2.71. The van der Waals surface area contributed by atoms with E-state index >= 15 is 0 Å². The summed E-state index contributed by atoms with van der Waals surface area (Å²) in [7, 11) is 0. The van der Waals surface area contributed by atoms with Crippen LogP contribution in [0.2, 0.25) is 0 Å². The summed E-state index contributed by atoms with van der Waals surface area (Å²) in [6.45, 7) is 0.431. The normalized spacial score (nSPS) is 19.2. The van der Waals surface area contributed by atoms with Gasteiger partial charge in [0, 0.05) is 5.30 Å². The van der Waals surface area contributed by atoms with Crippen molar-refractivity contribution in [2.75, 3.05) is 0 Å². The molecule has 1 aliphatic rings. The third-order valence-electron chi connectivity index (χ3n) is 4.15. The number of carbonyl (C=O) groups is 1. The van der Waals surface area contributed by atoms with E-state index in [1.807, 2.05) is 78.9 Å². The molecule has 0 N–H and O–H groups in total. The van der Waals surface area contributed by atoms with Crippen molar-refractivity contribution in [1.82, 2.24) is 4.67 Å². The van der Waals surface area contributed by atoms with Crippen LogP contribution in [0.15, 0.2) is 84.9 Å². The Morgan fingerprint density at radius 1 is 0.840 bits per heavy atom. The molecule has 3 nitrogen and oxygen atoms in total. The second-order valence-corrected chi connectivity index (χ2v) is 9.50. The number of carbonyl (C=O) groups excluding carboxylic acids is 1. The third kappa shape index (κ3) is 2.88. The lowest BCUT2D eigenvalue weighted by Crippen LogP contribution is -2.37. The number of benzene rings is 3. The number of rotatable bonds is 3. The molecule has 0 fully saturated rings. The molecule has 1 unspecified atom stereocenters. The summed E-state index contributed by atoms with van der Waals surface area (Å²) in [6, 6.07) is 26.9. The van der Waals surface area contributed by atoms with Gasteiger partial charge < -0.3 is 4.52 Å². The van der Waals surface area contributed by atoms with Crippen molar-refractivity contribution in [1.29, 1.82) is 0 Å². The molecule has 0 saturated carbocycles. The quantitative estimate of drug-likeness (QED) is 0.646. The molecule has 1 atom stereocenters. The van der Waals surface area contributed by atoms with Crippen LogP contribution in [0.25, 0.3) is 0 Å². The van der Waals surface area contributed by atoms with E-state index in [1.165, 1.54) is 0 Å². The first kappa shape index (κ1) is 16.1. The van der Waals surface area contributed by atoms with E-state index in [4.69, 9.17) is 16.3 Å². The van der Waals surface area contributed by atoms with E-state index in [-0.39, 0.29) is 5.91 Å². The number of hydrogen-bond donors (Lipinski definition) is 0. The highest BCUT2D eigenvalue weighted by Crippen LogP contribution is 2.55. The largest absolute Gasteiger partial charge is 0.444 e. The molecule has 0 aliphatic carbocycles. The van der Waals surface area contributed by atoms with Gasteiger partial charge in [-0.15, -0.1) is 0 Å². The Kier molecular flexibility index (Phi) is 4.16. The van der Waals surface area contributed by atoms with Crippen LogP contribution in [-0.4, -0.2) is 10.6 Å². The molecule has 0 spiro atoms. The van der Waals surface area contributed by atoms with Gasteiger partial charge in [0.1, 0.15) is 5.75 Å². The van der Waals surface area contributed by atoms with Crippen molar-refractivity contribution >= 4 is 29.4 Å². The van der Waals surface area contributed by atoms with Gasteiger partial charge in [-0.3, -0.25) is 9.46 Å². The Morgan fingerprint density at radius 2 is 1.44 bits per heavy atom. The molecule has 4 rings (SSSR count). The standard InChI is InChI=1S/C20H16NO2PS/c22-20-18-13-7-8-14-19(18)23-24(25,17-11-5-2-6-12-17)21(20)15-16-9-3-1-4-10-16/h1-14H,15H2. The molecule has 0 bridgehead atoms. The van der Waals surface area contributed by atoms with Crippen LogP contribution in [-0.2, 0) is 18.4 Å². The average Bonchev–Trinajstić information content (AvgIpc) is 2.67. The van der Waals surface area contributed by atoms with Crippen molar-refractivity contribution < 1.29 is 9.32 Å². The lowest BCUT2D eigenvalue weighted by Gasteiger charge is -2.39. The van der Waals surface area contributed by atoms with Gasteiger partial charge in [0.25, 0.3) is 5.91 Å². The number of para-hydroxylation sites is 1. The summed E-state index contributed by atoms with van der Waals surface area (Å²) in [4.78, 5) is 13.2. The second-order valence-electron chi connectivity index (χ2n) is 5.79. The molecule has 3 aromatic rings. The first-order chi connectivity index (χ1) is 12.2. The Morgan fingerprint density at radius 3 is 2.16 bits per heavy atom. The Balaban J connectivity index is 1.85. The van der Waals surface area contributed by atoms with E-state index in [9.17, 15) is 4.79 Å². The lowest BCUT2D eigenvalue weighted by molar-refractivity contribution is 0.0839. The maximum atomic E-state index is 13.2. The van der Waals surface area contributed by atoms with Gasteiger partial charge in [0.05, 0.1) is 12.1 Å². The number of nitrogens with zero attached hydrogens (tertiary/aromatic N) is 1. The minimum absolute atomic E-state index is 0.0714. The van der Waals surface area contributed by atoms with Gasteiger partial charge in [-0.05, 0) is 41.6 Å². The van der Waals surface area contributed by atoms with Crippen molar-refractivity contribution in [2.45, 2.75) is 6.54 Å². The van der Waals surface area contributed by atoms with Crippen molar-refractivity contribution in [3.63, 3.8) is 0 Å². The minimum atomic E-state index is -2.71. The zero-order valence-corrected chi connectivity index (χ0v) is 15.1. The minimum Gasteiger partial charge on any atom is -0.444 e. The highest BCUT2D eigenvalue weighted by atomic mass is 32.4. The van der Waals surface area contributed by atoms with E-state index in [0.29, 0.717) is 17.9 Å². The predicted octanol–water partition coefficient (Wildman–Crippen LogP) is 4.36. The topological polar surface area (TPSA) is 29.5 Å². The molecule has 5 heteroatoms. The Hall–Kier alpha value is -2.42. The van der Waals surface area contributed by atoms with Crippen LogP contribution in [0.3, 0.4) is 0 Å². The van der Waals surface area contributed by atoms with E-state index in [0.717, 1.165) is 10.9 Å². The highest BCUT2D eigenvalue weighted by molar-refractivity contribution is 8.15. The predicted molar refractivity (Wildman–Crippen MR) is 104 cm³/mol. The van der Waals surface area contributed by atoms with Crippen molar-refractivity contribution in [3.8, 4) is 5.75 Å². The average molecular weight is 365 g/mol. The monoisotopic (exact) mass is 365 g/mol. The smallest absolute Gasteiger partial charge is 0.264 e. The fraction of sp³-hybridized carbons (Fsp3) is 0.0500. The van der Waals surface area contributed by atoms with Gasteiger partial charge in [-0.2, -0.15) is 0 Å². The Labute approximate surface area is 152 Å².